The maximum Gasteiger partial charge on any atom is 0.258 e. The van der Waals surface area contributed by atoms with Crippen molar-refractivity contribution in [2.75, 3.05) is 18.0 Å². The number of nitrogens with two attached hydrogens (primary N) is 1. The highest BCUT2D eigenvalue weighted by molar-refractivity contribution is 6.34. The molecule has 40 heavy (non-hydrogen) atoms. The molecule has 4 aromatic rings. The van der Waals surface area contributed by atoms with E-state index in [4.69, 9.17) is 22.3 Å². The fourth-order valence-electron chi connectivity index (χ4n) is 5.54. The number of benzene rings is 2. The molecule has 11 heteroatoms. The number of piperidine rings is 1. The van der Waals surface area contributed by atoms with Gasteiger partial charge in [0.15, 0.2) is 5.65 Å². The lowest BCUT2D eigenvalue weighted by atomic mass is 9.91. The van der Waals surface area contributed by atoms with Crippen molar-refractivity contribution in [2.45, 2.75) is 58.2 Å². The fraction of sp³-hybridized carbons (Fsp3) is 0.379. The number of phenolic OH excluding ortho intramolecular Hbond substituents is 2. The summed E-state index contributed by atoms with van der Waals surface area (Å²) in [5.41, 5.74) is 11.1. The first-order chi connectivity index (χ1) is 19.0. The van der Waals surface area contributed by atoms with Gasteiger partial charge in [0.1, 0.15) is 28.5 Å². The van der Waals surface area contributed by atoms with Gasteiger partial charge in [-0.15, -0.1) is 0 Å². The van der Waals surface area contributed by atoms with Crippen LogP contribution in [0.25, 0.3) is 22.4 Å². The van der Waals surface area contributed by atoms with Gasteiger partial charge in [-0.25, -0.2) is 9.97 Å². The molecule has 0 atom stereocenters. The summed E-state index contributed by atoms with van der Waals surface area (Å²) in [6.07, 6.45) is 3.53. The quantitative estimate of drug-likeness (QED) is 0.281. The van der Waals surface area contributed by atoms with Gasteiger partial charge in [0.25, 0.3) is 5.91 Å². The summed E-state index contributed by atoms with van der Waals surface area (Å²) in [7, 11) is 0. The average Bonchev–Trinajstić information content (AvgIpc) is 3.53. The SMILES string of the molecule is CC(C)c1cc(C(=O)N2Cc3ccc(-c4n[nH]c5nc(N6CCC(C)(N)CC6)cnc45)c(Cl)c3C2)c(O)cc1O. The summed E-state index contributed by atoms with van der Waals surface area (Å²) < 4.78 is 0. The minimum atomic E-state index is -0.329. The molecule has 0 aliphatic carbocycles. The second-order valence-electron chi connectivity index (χ2n) is 11.4. The molecule has 10 nitrogen and oxygen atoms in total. The summed E-state index contributed by atoms with van der Waals surface area (Å²) >= 11 is 6.92. The van der Waals surface area contributed by atoms with E-state index in [1.54, 1.807) is 17.2 Å². The number of nitrogens with one attached hydrogen (secondary N) is 1. The van der Waals surface area contributed by atoms with Crippen LogP contribution in [0.2, 0.25) is 5.02 Å². The van der Waals surface area contributed by atoms with Gasteiger partial charge in [-0.1, -0.05) is 37.6 Å². The van der Waals surface area contributed by atoms with Crippen LogP contribution in [0, 0.1) is 0 Å². The van der Waals surface area contributed by atoms with E-state index in [2.05, 4.69) is 27.0 Å². The van der Waals surface area contributed by atoms with E-state index < -0.39 is 0 Å². The average molecular weight is 562 g/mol. The van der Waals surface area contributed by atoms with E-state index >= 15 is 0 Å². The molecule has 6 rings (SSSR count). The minimum absolute atomic E-state index is 0.00983. The number of halogens is 1. The molecule has 0 radical (unpaired) electrons. The zero-order valence-electron chi connectivity index (χ0n) is 22.7. The molecule has 1 saturated heterocycles. The summed E-state index contributed by atoms with van der Waals surface area (Å²) in [6, 6.07) is 6.63. The number of carbonyl (C=O) groups excluding carboxylic acids is 1. The van der Waals surface area contributed by atoms with Gasteiger partial charge in [0.2, 0.25) is 0 Å². The molecule has 0 saturated carbocycles. The van der Waals surface area contributed by atoms with Crippen LogP contribution in [-0.4, -0.2) is 59.8 Å². The van der Waals surface area contributed by atoms with E-state index in [1.165, 1.54) is 6.07 Å². The zero-order chi connectivity index (χ0) is 28.3. The standard InChI is InChI=1S/C29H32ClN7O3/c1-15(2)18-10-19(22(39)11-21(18)38)28(40)37-13-16-4-5-17(24(30)20(16)14-37)25-26-27(35-34-25)33-23(12-32-26)36-8-6-29(3,31)7-9-36/h4-5,10-12,15,38-39H,6-9,13-14,31H2,1-3H3,(H,33,34,35). The van der Waals surface area contributed by atoms with Crippen LogP contribution in [0.4, 0.5) is 5.82 Å². The highest BCUT2D eigenvalue weighted by atomic mass is 35.5. The van der Waals surface area contributed by atoms with Crippen LogP contribution in [0.5, 0.6) is 11.5 Å². The summed E-state index contributed by atoms with van der Waals surface area (Å²) in [4.78, 5) is 26.7. The molecule has 0 bridgehead atoms. The fourth-order valence-corrected chi connectivity index (χ4v) is 5.87. The molecule has 208 valence electrons. The van der Waals surface area contributed by atoms with Gasteiger partial charge < -0.3 is 25.7 Å². The first-order valence-corrected chi connectivity index (χ1v) is 13.8. The number of rotatable bonds is 4. The third kappa shape index (κ3) is 4.50. The van der Waals surface area contributed by atoms with Crippen molar-refractivity contribution in [3.8, 4) is 22.8 Å². The first kappa shape index (κ1) is 26.3. The molecule has 1 amide bonds. The smallest absolute Gasteiger partial charge is 0.258 e. The molecule has 2 aromatic carbocycles. The number of hydrogen-bond acceptors (Lipinski definition) is 8. The minimum Gasteiger partial charge on any atom is -0.508 e. The number of hydrogen-bond donors (Lipinski definition) is 4. The molecule has 5 N–H and O–H groups in total. The van der Waals surface area contributed by atoms with E-state index in [1.807, 2.05) is 26.0 Å². The van der Waals surface area contributed by atoms with Gasteiger partial charge in [-0.05, 0) is 48.4 Å². The lowest BCUT2D eigenvalue weighted by molar-refractivity contribution is 0.0748. The van der Waals surface area contributed by atoms with Crippen molar-refractivity contribution < 1.29 is 15.0 Å². The molecule has 4 heterocycles. The molecule has 2 aliphatic rings. The van der Waals surface area contributed by atoms with E-state index in [-0.39, 0.29) is 41.0 Å². The predicted octanol–water partition coefficient (Wildman–Crippen LogP) is 4.68. The van der Waals surface area contributed by atoms with Crippen LogP contribution in [0.1, 0.15) is 66.6 Å². The van der Waals surface area contributed by atoms with Crippen molar-refractivity contribution in [2.24, 2.45) is 5.73 Å². The number of aromatic nitrogens is 4. The van der Waals surface area contributed by atoms with Crippen molar-refractivity contribution in [3.63, 3.8) is 0 Å². The lowest BCUT2D eigenvalue weighted by Gasteiger charge is -2.37. The van der Waals surface area contributed by atoms with E-state index in [0.29, 0.717) is 39.6 Å². The van der Waals surface area contributed by atoms with Gasteiger partial charge in [0, 0.05) is 43.3 Å². The largest absolute Gasteiger partial charge is 0.508 e. The Balaban J connectivity index is 1.27. The Kier molecular flexibility index (Phi) is 6.35. The second-order valence-corrected chi connectivity index (χ2v) is 11.8. The van der Waals surface area contributed by atoms with E-state index in [0.717, 1.165) is 42.9 Å². The number of aromatic hydroxyl groups is 2. The molecule has 0 spiro atoms. The van der Waals surface area contributed by atoms with Gasteiger partial charge in [-0.3, -0.25) is 9.89 Å². The third-order valence-electron chi connectivity index (χ3n) is 8.08. The van der Waals surface area contributed by atoms with Crippen LogP contribution in [0.3, 0.4) is 0 Å². The topological polar surface area (TPSA) is 144 Å². The molecular weight excluding hydrogens is 530 g/mol. The summed E-state index contributed by atoms with van der Waals surface area (Å²) in [6.45, 7) is 8.19. The zero-order valence-corrected chi connectivity index (χ0v) is 23.5. The van der Waals surface area contributed by atoms with Gasteiger partial charge in [-0.2, -0.15) is 5.10 Å². The Morgan fingerprint density at radius 2 is 1.90 bits per heavy atom. The number of nitrogens with zero attached hydrogens (tertiary/aromatic N) is 5. The summed E-state index contributed by atoms with van der Waals surface area (Å²) in [5.74, 6) is 0.161. The number of H-pyrrole nitrogens is 1. The number of amides is 1. The molecular formula is C29H32ClN7O3. The number of anilines is 1. The number of fused-ring (bicyclic) bond motifs is 2. The third-order valence-corrected chi connectivity index (χ3v) is 8.51. The highest BCUT2D eigenvalue weighted by Crippen LogP contribution is 2.40. The van der Waals surface area contributed by atoms with Crippen molar-refractivity contribution in [1.29, 1.82) is 0 Å². The Morgan fingerprint density at radius 3 is 2.62 bits per heavy atom. The molecule has 2 aliphatic heterocycles. The number of aromatic amines is 1. The van der Waals surface area contributed by atoms with Crippen LogP contribution < -0.4 is 10.6 Å². The Hall–Kier alpha value is -3.89. The Labute approximate surface area is 236 Å². The summed E-state index contributed by atoms with van der Waals surface area (Å²) in [5, 5.41) is 28.6. The molecule has 1 fully saturated rings. The second kappa shape index (κ2) is 9.64. The van der Waals surface area contributed by atoms with Gasteiger partial charge >= 0.3 is 0 Å². The van der Waals surface area contributed by atoms with Crippen LogP contribution in [0.15, 0.2) is 30.5 Å². The Morgan fingerprint density at radius 1 is 1.15 bits per heavy atom. The van der Waals surface area contributed by atoms with Crippen molar-refractivity contribution in [1.82, 2.24) is 25.1 Å². The first-order valence-electron chi connectivity index (χ1n) is 13.4. The van der Waals surface area contributed by atoms with E-state index in [9.17, 15) is 15.0 Å². The molecule has 2 aromatic heterocycles. The van der Waals surface area contributed by atoms with Crippen LogP contribution in [-0.2, 0) is 13.1 Å². The van der Waals surface area contributed by atoms with Crippen LogP contribution >= 0.6 is 11.6 Å². The maximum absolute atomic E-state index is 13.4. The normalized spacial score (nSPS) is 16.6. The highest BCUT2D eigenvalue weighted by Gasteiger charge is 2.31. The number of phenols is 2. The number of carbonyl (C=O) groups is 1. The molecule has 0 unspecified atom stereocenters. The monoisotopic (exact) mass is 561 g/mol. The predicted molar refractivity (Wildman–Crippen MR) is 154 cm³/mol. The Bertz CT molecular complexity index is 1640. The van der Waals surface area contributed by atoms with Crippen molar-refractivity contribution in [3.05, 3.63) is 57.7 Å². The van der Waals surface area contributed by atoms with Crippen molar-refractivity contribution >= 4 is 34.5 Å². The van der Waals surface area contributed by atoms with Gasteiger partial charge in [0.05, 0.1) is 16.8 Å². The lowest BCUT2D eigenvalue weighted by Crippen LogP contribution is -2.48. The maximum atomic E-state index is 13.4.